The van der Waals surface area contributed by atoms with Crippen molar-refractivity contribution in [1.82, 2.24) is 0 Å². The number of carbonyl (C=O) groups excluding carboxylic acids is 2. The van der Waals surface area contributed by atoms with Gasteiger partial charge in [0, 0.05) is 17.5 Å². The fourth-order valence-corrected chi connectivity index (χ4v) is 3.45. The number of alkyl halides is 6. The smallest absolute Gasteiger partial charge is 0.416 e. The average Bonchev–Trinajstić information content (AvgIpc) is 2.79. The average molecular weight is 480 g/mol. The standard InChI is InChI=1S/C24H14F6O4/c25-23(26,27)13-5-3-7-15(11-13)33-21-19(31)17-9-1-2-10-18(17)20(32)22(21)34-16-8-4-6-14(12-16)24(28,29)30/h1-3,5-7,9-12H,4,8H2. The normalized spacial score (nSPS) is 16.6. The van der Waals surface area contributed by atoms with Crippen LogP contribution in [0.25, 0.3) is 0 Å². The van der Waals surface area contributed by atoms with Crippen molar-refractivity contribution in [3.8, 4) is 5.75 Å². The number of ether oxygens (including phenoxy) is 2. The van der Waals surface area contributed by atoms with E-state index in [-0.39, 0.29) is 29.7 Å². The number of allylic oxidation sites excluding steroid dienone is 6. The van der Waals surface area contributed by atoms with Crippen molar-refractivity contribution in [2.75, 3.05) is 0 Å². The molecular weight excluding hydrogens is 466 g/mol. The van der Waals surface area contributed by atoms with Crippen LogP contribution in [0.4, 0.5) is 26.3 Å². The van der Waals surface area contributed by atoms with Gasteiger partial charge in [0.25, 0.3) is 0 Å². The van der Waals surface area contributed by atoms with Crippen molar-refractivity contribution < 1.29 is 45.4 Å². The summed E-state index contributed by atoms with van der Waals surface area (Å²) < 4.78 is 89.4. The van der Waals surface area contributed by atoms with Crippen LogP contribution in [0.1, 0.15) is 39.1 Å². The van der Waals surface area contributed by atoms with Crippen LogP contribution in [0.15, 0.2) is 83.5 Å². The van der Waals surface area contributed by atoms with Crippen molar-refractivity contribution in [3.63, 3.8) is 0 Å². The van der Waals surface area contributed by atoms with E-state index in [9.17, 15) is 35.9 Å². The third kappa shape index (κ3) is 4.61. The molecule has 0 N–H and O–H groups in total. The molecule has 0 aromatic heterocycles. The predicted octanol–water partition coefficient (Wildman–Crippen LogP) is 6.56. The molecule has 0 saturated heterocycles. The second-order valence-corrected chi connectivity index (χ2v) is 7.40. The number of Topliss-reactive ketones (excluding diaryl/α,β-unsaturated/α-hetero) is 2. The first-order valence-corrected chi connectivity index (χ1v) is 9.89. The van der Waals surface area contributed by atoms with Crippen LogP contribution in [0, 0.1) is 0 Å². The Balaban J connectivity index is 1.78. The summed E-state index contributed by atoms with van der Waals surface area (Å²) in [6.07, 6.45) is -7.71. The van der Waals surface area contributed by atoms with Gasteiger partial charge in [-0.25, -0.2) is 0 Å². The molecule has 0 spiro atoms. The molecule has 34 heavy (non-hydrogen) atoms. The summed E-state index contributed by atoms with van der Waals surface area (Å²) in [5.74, 6) is -3.76. The van der Waals surface area contributed by atoms with Crippen molar-refractivity contribution >= 4 is 11.6 Å². The van der Waals surface area contributed by atoms with Crippen molar-refractivity contribution in [2.24, 2.45) is 0 Å². The minimum Gasteiger partial charge on any atom is -0.453 e. The summed E-state index contributed by atoms with van der Waals surface area (Å²) in [7, 11) is 0. The minimum atomic E-state index is -4.70. The molecule has 2 aliphatic carbocycles. The van der Waals surface area contributed by atoms with Crippen LogP contribution < -0.4 is 4.74 Å². The van der Waals surface area contributed by atoms with Gasteiger partial charge in [-0.3, -0.25) is 9.59 Å². The number of hydrogen-bond donors (Lipinski definition) is 0. The fourth-order valence-electron chi connectivity index (χ4n) is 3.45. The van der Waals surface area contributed by atoms with E-state index < -0.39 is 52.3 Å². The predicted molar refractivity (Wildman–Crippen MR) is 107 cm³/mol. The maximum Gasteiger partial charge on any atom is 0.416 e. The molecule has 0 fully saturated rings. The van der Waals surface area contributed by atoms with E-state index >= 15 is 0 Å². The zero-order valence-corrected chi connectivity index (χ0v) is 17.1. The number of rotatable bonds is 4. The van der Waals surface area contributed by atoms with Crippen LogP contribution in [0.5, 0.6) is 5.75 Å². The molecule has 2 aliphatic rings. The van der Waals surface area contributed by atoms with Crippen LogP contribution in [-0.2, 0) is 10.9 Å². The lowest BCUT2D eigenvalue weighted by Gasteiger charge is -2.23. The van der Waals surface area contributed by atoms with Gasteiger partial charge in [-0.15, -0.1) is 0 Å². The van der Waals surface area contributed by atoms with Crippen LogP contribution in [-0.4, -0.2) is 17.7 Å². The first-order valence-electron chi connectivity index (χ1n) is 9.89. The lowest BCUT2D eigenvalue weighted by atomic mass is 9.92. The summed E-state index contributed by atoms with van der Waals surface area (Å²) in [5, 5.41) is 0. The largest absolute Gasteiger partial charge is 0.453 e. The molecule has 4 nitrogen and oxygen atoms in total. The fraction of sp³-hybridized carbons (Fsp3) is 0.167. The number of hydrogen-bond acceptors (Lipinski definition) is 4. The second-order valence-electron chi connectivity index (χ2n) is 7.40. The second kappa shape index (κ2) is 8.51. The van der Waals surface area contributed by atoms with E-state index in [1.54, 1.807) is 0 Å². The maximum absolute atomic E-state index is 13.1. The Morgan fingerprint density at radius 2 is 1.35 bits per heavy atom. The lowest BCUT2D eigenvalue weighted by molar-refractivity contribution is -0.137. The first-order chi connectivity index (χ1) is 15.9. The molecule has 0 radical (unpaired) electrons. The Morgan fingerprint density at radius 1 is 0.735 bits per heavy atom. The number of benzene rings is 2. The maximum atomic E-state index is 13.1. The third-order valence-electron chi connectivity index (χ3n) is 5.05. The van der Waals surface area contributed by atoms with Gasteiger partial charge in [0.15, 0.2) is 0 Å². The first kappa shape index (κ1) is 23.3. The highest BCUT2D eigenvalue weighted by Crippen LogP contribution is 2.36. The molecule has 0 saturated carbocycles. The van der Waals surface area contributed by atoms with E-state index in [4.69, 9.17) is 9.47 Å². The molecule has 176 valence electrons. The molecule has 0 atom stereocenters. The van der Waals surface area contributed by atoms with Gasteiger partial charge in [0.1, 0.15) is 11.5 Å². The Hall–Kier alpha value is -3.82. The summed E-state index contributed by atoms with van der Waals surface area (Å²) in [5.41, 5.74) is -2.18. The Bertz CT molecular complexity index is 1260. The van der Waals surface area contributed by atoms with Gasteiger partial charge >= 0.3 is 12.4 Å². The van der Waals surface area contributed by atoms with Gasteiger partial charge < -0.3 is 9.47 Å². The van der Waals surface area contributed by atoms with E-state index in [0.29, 0.717) is 12.1 Å². The van der Waals surface area contributed by atoms with Crippen molar-refractivity contribution in [3.05, 3.63) is 100 Å². The van der Waals surface area contributed by atoms with Gasteiger partial charge in [-0.05, 0) is 30.7 Å². The zero-order valence-electron chi connectivity index (χ0n) is 17.1. The Kier molecular flexibility index (Phi) is 5.84. The molecular formula is C24H14F6O4. The number of ketones is 2. The van der Waals surface area contributed by atoms with Crippen molar-refractivity contribution in [2.45, 2.75) is 25.2 Å². The van der Waals surface area contributed by atoms with E-state index in [0.717, 1.165) is 24.3 Å². The quantitative estimate of drug-likeness (QED) is 0.466. The van der Waals surface area contributed by atoms with Gasteiger partial charge in [-0.2, -0.15) is 26.3 Å². The molecule has 0 aliphatic heterocycles. The summed E-state index contributed by atoms with van der Waals surface area (Å²) in [6.45, 7) is 0. The van der Waals surface area contributed by atoms with Crippen LogP contribution >= 0.6 is 0 Å². The third-order valence-corrected chi connectivity index (χ3v) is 5.05. The van der Waals surface area contributed by atoms with Crippen LogP contribution in [0.3, 0.4) is 0 Å². The van der Waals surface area contributed by atoms with Gasteiger partial charge in [0.2, 0.25) is 23.1 Å². The zero-order chi connectivity index (χ0) is 24.7. The molecule has 2 aromatic rings. The van der Waals surface area contributed by atoms with Crippen LogP contribution in [0.2, 0.25) is 0 Å². The summed E-state index contributed by atoms with van der Waals surface area (Å²) in [6, 6.07) is 9.22. The molecule has 0 heterocycles. The Morgan fingerprint density at radius 3 is 1.94 bits per heavy atom. The van der Waals surface area contributed by atoms with Gasteiger partial charge in [-0.1, -0.05) is 36.4 Å². The summed E-state index contributed by atoms with van der Waals surface area (Å²) >= 11 is 0. The lowest BCUT2D eigenvalue weighted by Crippen LogP contribution is -2.26. The minimum absolute atomic E-state index is 0.00301. The monoisotopic (exact) mass is 480 g/mol. The van der Waals surface area contributed by atoms with Crippen molar-refractivity contribution in [1.29, 1.82) is 0 Å². The molecule has 0 bridgehead atoms. The van der Waals surface area contributed by atoms with Gasteiger partial charge in [0.05, 0.1) is 11.1 Å². The Labute approximate surface area is 188 Å². The molecule has 0 unspecified atom stereocenters. The molecule has 0 amide bonds. The number of halogens is 6. The number of carbonyl (C=O) groups is 2. The van der Waals surface area contributed by atoms with E-state index in [1.165, 1.54) is 24.3 Å². The highest BCUT2D eigenvalue weighted by Gasteiger charge is 2.38. The molecule has 2 aromatic carbocycles. The highest BCUT2D eigenvalue weighted by molar-refractivity contribution is 6.25. The van der Waals surface area contributed by atoms with E-state index in [1.807, 2.05) is 0 Å². The SMILES string of the molecule is O=C1C(OC2=CC(C(F)(F)F)=CCC2)=C(Oc2cccc(C(F)(F)F)c2)C(=O)c2ccccc21. The highest BCUT2D eigenvalue weighted by atomic mass is 19.4. The number of fused-ring (bicyclic) bond motifs is 1. The van der Waals surface area contributed by atoms with E-state index in [2.05, 4.69) is 0 Å². The summed E-state index contributed by atoms with van der Waals surface area (Å²) in [4.78, 5) is 26.2. The topological polar surface area (TPSA) is 52.6 Å². The molecule has 10 heteroatoms. The molecule has 4 rings (SSSR count).